The highest BCUT2D eigenvalue weighted by molar-refractivity contribution is 6.00. The number of para-hydroxylation sites is 1. The number of likely N-dealkylation sites (N-methyl/N-ethyl adjacent to an activating group) is 1. The molecule has 1 heterocycles. The molecule has 0 aliphatic carbocycles. The predicted octanol–water partition coefficient (Wildman–Crippen LogP) is 1.83. The number of anilines is 1. The lowest BCUT2D eigenvalue weighted by atomic mass is 10.1. The van der Waals surface area contributed by atoms with Crippen LogP contribution in [0.4, 0.5) is 5.69 Å². The molecule has 1 amide bonds. The van der Waals surface area contributed by atoms with Crippen molar-refractivity contribution in [3.05, 3.63) is 30.3 Å². The summed E-state index contributed by atoms with van der Waals surface area (Å²) in [5.41, 5.74) is 0.274. The third-order valence-corrected chi connectivity index (χ3v) is 3.01. The lowest BCUT2D eigenvalue weighted by molar-refractivity contribution is -0.122. The van der Waals surface area contributed by atoms with Crippen molar-refractivity contribution in [2.75, 3.05) is 11.9 Å². The first-order valence-electron chi connectivity index (χ1n) is 5.07. The van der Waals surface area contributed by atoms with Crippen LogP contribution in [-0.4, -0.2) is 24.7 Å². The van der Waals surface area contributed by atoms with Crippen molar-refractivity contribution in [2.24, 2.45) is 0 Å². The van der Waals surface area contributed by atoms with E-state index in [-0.39, 0.29) is 12.0 Å². The van der Waals surface area contributed by atoms with Crippen molar-refractivity contribution >= 4 is 11.6 Å². The van der Waals surface area contributed by atoms with Crippen LogP contribution in [0.3, 0.4) is 0 Å². The van der Waals surface area contributed by atoms with Gasteiger partial charge in [-0.05, 0) is 26.0 Å². The van der Waals surface area contributed by atoms with E-state index in [1.165, 1.54) is 0 Å². The molecule has 80 valence electrons. The summed E-state index contributed by atoms with van der Waals surface area (Å²) in [6.45, 7) is 3.75. The van der Waals surface area contributed by atoms with Crippen molar-refractivity contribution in [1.82, 2.24) is 0 Å². The monoisotopic (exact) mass is 205 g/mol. The number of carbonyl (C=O) groups is 1. The van der Waals surface area contributed by atoms with Crippen molar-refractivity contribution in [3.8, 4) is 0 Å². The van der Waals surface area contributed by atoms with Gasteiger partial charge < -0.3 is 9.64 Å². The number of hydrogen-bond donors (Lipinski definition) is 0. The average Bonchev–Trinajstić information content (AvgIpc) is 2.87. The number of carbonyl (C=O) groups excluding carboxylic acids is 1. The summed E-state index contributed by atoms with van der Waals surface area (Å²) in [6.07, 6.45) is 0.0242. The normalized spacial score (nSPS) is 28.6. The van der Waals surface area contributed by atoms with Crippen LogP contribution in [0, 0.1) is 0 Å². The third-order valence-electron chi connectivity index (χ3n) is 3.01. The Morgan fingerprint density at radius 1 is 1.40 bits per heavy atom. The van der Waals surface area contributed by atoms with Gasteiger partial charge in [-0.25, -0.2) is 0 Å². The van der Waals surface area contributed by atoms with Gasteiger partial charge >= 0.3 is 0 Å². The van der Waals surface area contributed by atoms with Gasteiger partial charge in [0, 0.05) is 12.7 Å². The average molecular weight is 205 g/mol. The van der Waals surface area contributed by atoms with E-state index in [1.54, 1.807) is 11.9 Å². The highest BCUT2D eigenvalue weighted by atomic mass is 16.6. The number of benzene rings is 1. The quantitative estimate of drug-likeness (QED) is 0.690. The fourth-order valence-electron chi connectivity index (χ4n) is 1.66. The molecule has 0 N–H and O–H groups in total. The Balaban J connectivity index is 2.16. The van der Waals surface area contributed by atoms with E-state index >= 15 is 0 Å². The summed E-state index contributed by atoms with van der Waals surface area (Å²) in [5.74, 6) is 0.0150. The number of amides is 1. The number of ether oxygens (including phenoxy) is 1. The van der Waals surface area contributed by atoms with E-state index in [1.807, 2.05) is 44.2 Å². The van der Waals surface area contributed by atoms with Gasteiger partial charge in [0.25, 0.3) is 5.91 Å². The zero-order chi connectivity index (χ0) is 11.1. The highest BCUT2D eigenvalue weighted by Crippen LogP contribution is 2.37. The number of epoxide rings is 1. The molecular weight excluding hydrogens is 190 g/mol. The largest absolute Gasteiger partial charge is 0.356 e. The topological polar surface area (TPSA) is 32.8 Å². The van der Waals surface area contributed by atoms with Gasteiger partial charge in [-0.15, -0.1) is 0 Å². The number of nitrogens with zero attached hydrogens (tertiary/aromatic N) is 1. The molecule has 15 heavy (non-hydrogen) atoms. The van der Waals surface area contributed by atoms with Crippen LogP contribution in [0.5, 0.6) is 0 Å². The first-order chi connectivity index (χ1) is 7.05. The standard InChI is InChI=1S/C12H15NO2/c1-9-12(2,15-9)11(14)13(3)10-7-5-4-6-8-10/h4-9H,1-3H3. The van der Waals surface area contributed by atoms with Crippen molar-refractivity contribution in [3.63, 3.8) is 0 Å². The van der Waals surface area contributed by atoms with E-state index < -0.39 is 5.60 Å². The second kappa shape index (κ2) is 3.35. The molecular formula is C12H15NO2. The maximum Gasteiger partial charge on any atom is 0.261 e. The van der Waals surface area contributed by atoms with E-state index in [0.29, 0.717) is 0 Å². The van der Waals surface area contributed by atoms with E-state index in [4.69, 9.17) is 4.74 Å². The summed E-state index contributed by atoms with van der Waals surface area (Å²) < 4.78 is 5.32. The smallest absolute Gasteiger partial charge is 0.261 e. The first-order valence-corrected chi connectivity index (χ1v) is 5.07. The molecule has 3 heteroatoms. The van der Waals surface area contributed by atoms with Gasteiger partial charge in [-0.1, -0.05) is 18.2 Å². The van der Waals surface area contributed by atoms with Crippen molar-refractivity contribution in [1.29, 1.82) is 0 Å². The molecule has 0 radical (unpaired) electrons. The SMILES string of the molecule is CC1OC1(C)C(=O)N(C)c1ccccc1. The molecule has 1 aliphatic rings. The Labute approximate surface area is 89.7 Å². The lowest BCUT2D eigenvalue weighted by Gasteiger charge is -2.19. The van der Waals surface area contributed by atoms with Crippen molar-refractivity contribution in [2.45, 2.75) is 25.6 Å². The molecule has 0 spiro atoms. The Bertz CT molecular complexity index is 376. The number of rotatable bonds is 2. The van der Waals surface area contributed by atoms with Gasteiger partial charge in [-0.2, -0.15) is 0 Å². The third kappa shape index (κ3) is 1.63. The molecule has 1 saturated heterocycles. The van der Waals surface area contributed by atoms with E-state index in [0.717, 1.165) is 5.69 Å². The minimum atomic E-state index is -0.620. The number of hydrogen-bond acceptors (Lipinski definition) is 2. The second-order valence-electron chi connectivity index (χ2n) is 4.07. The Kier molecular flexibility index (Phi) is 2.27. The maximum atomic E-state index is 12.0. The van der Waals surface area contributed by atoms with Crippen LogP contribution in [-0.2, 0) is 9.53 Å². The van der Waals surface area contributed by atoms with E-state index in [2.05, 4.69) is 0 Å². The molecule has 2 rings (SSSR count). The fraction of sp³-hybridized carbons (Fsp3) is 0.417. The van der Waals surface area contributed by atoms with Gasteiger partial charge in [0.15, 0.2) is 5.60 Å². The first kappa shape index (κ1) is 10.2. The summed E-state index contributed by atoms with van der Waals surface area (Å²) in [6, 6.07) is 9.58. The maximum absolute atomic E-state index is 12.0. The van der Waals surface area contributed by atoms with Crippen LogP contribution >= 0.6 is 0 Å². The molecule has 1 aromatic rings. The molecule has 1 aromatic carbocycles. The lowest BCUT2D eigenvalue weighted by Crippen LogP contribution is -2.38. The van der Waals surface area contributed by atoms with Gasteiger partial charge in [0.1, 0.15) is 0 Å². The van der Waals surface area contributed by atoms with Crippen LogP contribution in [0.25, 0.3) is 0 Å². The Morgan fingerprint density at radius 3 is 2.40 bits per heavy atom. The molecule has 0 bridgehead atoms. The fourth-order valence-corrected chi connectivity index (χ4v) is 1.66. The molecule has 3 nitrogen and oxygen atoms in total. The highest BCUT2D eigenvalue weighted by Gasteiger charge is 2.56. The molecule has 0 saturated carbocycles. The minimum absolute atomic E-state index is 0.0150. The van der Waals surface area contributed by atoms with Crippen molar-refractivity contribution < 1.29 is 9.53 Å². The molecule has 2 unspecified atom stereocenters. The molecule has 1 fully saturated rings. The van der Waals surface area contributed by atoms with Gasteiger partial charge in [0.2, 0.25) is 0 Å². The summed E-state index contributed by atoms with van der Waals surface area (Å²) >= 11 is 0. The van der Waals surface area contributed by atoms with Crippen LogP contribution < -0.4 is 4.90 Å². The van der Waals surface area contributed by atoms with E-state index in [9.17, 15) is 4.79 Å². The van der Waals surface area contributed by atoms with Crippen LogP contribution in [0.2, 0.25) is 0 Å². The van der Waals surface area contributed by atoms with Gasteiger partial charge in [0.05, 0.1) is 6.10 Å². The van der Waals surface area contributed by atoms with Crippen LogP contribution in [0.1, 0.15) is 13.8 Å². The summed E-state index contributed by atoms with van der Waals surface area (Å²) in [4.78, 5) is 13.7. The Hall–Kier alpha value is -1.35. The Morgan fingerprint density at radius 2 is 1.93 bits per heavy atom. The van der Waals surface area contributed by atoms with Crippen LogP contribution in [0.15, 0.2) is 30.3 Å². The zero-order valence-electron chi connectivity index (χ0n) is 9.23. The van der Waals surface area contributed by atoms with Gasteiger partial charge in [-0.3, -0.25) is 4.79 Å². The zero-order valence-corrected chi connectivity index (χ0v) is 9.23. The minimum Gasteiger partial charge on any atom is -0.356 e. The summed E-state index contributed by atoms with van der Waals surface area (Å²) in [5, 5.41) is 0. The summed E-state index contributed by atoms with van der Waals surface area (Å²) in [7, 11) is 1.78. The molecule has 0 aromatic heterocycles. The molecule has 1 aliphatic heterocycles. The second-order valence-corrected chi connectivity index (χ2v) is 4.07. The molecule has 2 atom stereocenters. The predicted molar refractivity (Wildman–Crippen MR) is 58.8 cm³/mol.